The van der Waals surface area contributed by atoms with E-state index >= 15 is 0 Å². The molecule has 0 bridgehead atoms. The van der Waals surface area contributed by atoms with Gasteiger partial charge in [-0.05, 0) is 18.1 Å². The summed E-state index contributed by atoms with van der Waals surface area (Å²) in [5.74, 6) is 0.284. The van der Waals surface area contributed by atoms with E-state index < -0.39 is 0 Å². The number of amides is 1. The first-order chi connectivity index (χ1) is 13.7. The van der Waals surface area contributed by atoms with Gasteiger partial charge in [0.05, 0.1) is 6.04 Å². The summed E-state index contributed by atoms with van der Waals surface area (Å²) in [5.41, 5.74) is 3.88. The Hall–Kier alpha value is -3.66. The highest BCUT2D eigenvalue weighted by Gasteiger charge is 2.25. The lowest BCUT2D eigenvalue weighted by Gasteiger charge is -2.20. The number of hydrogen-bond donors (Lipinski definition) is 1. The van der Waals surface area contributed by atoms with Crippen LogP contribution in [-0.2, 0) is 0 Å². The molecule has 138 valence electrons. The van der Waals surface area contributed by atoms with Gasteiger partial charge in [0.1, 0.15) is 17.0 Å². The van der Waals surface area contributed by atoms with Crippen LogP contribution in [-0.4, -0.2) is 11.1 Å². The molecule has 1 heterocycles. The van der Waals surface area contributed by atoms with E-state index in [1.54, 1.807) is 6.92 Å². The first kappa shape index (κ1) is 17.7. The van der Waals surface area contributed by atoms with Gasteiger partial charge in [0.25, 0.3) is 5.91 Å². The monoisotopic (exact) mass is 368 g/mol. The van der Waals surface area contributed by atoms with E-state index in [0.717, 1.165) is 16.7 Å². The third-order valence-corrected chi connectivity index (χ3v) is 4.68. The number of carbonyl (C=O) groups excluding carboxylic acids is 1. The highest BCUT2D eigenvalue weighted by atomic mass is 16.5. The molecule has 0 spiro atoms. The van der Waals surface area contributed by atoms with Gasteiger partial charge in [0.2, 0.25) is 0 Å². The number of nitrogens with one attached hydrogen (secondary N) is 1. The summed E-state index contributed by atoms with van der Waals surface area (Å²) >= 11 is 0. The van der Waals surface area contributed by atoms with Gasteiger partial charge in [0, 0.05) is 5.56 Å². The molecule has 0 aliphatic heterocycles. The fraction of sp³-hybridized carbons (Fsp3) is 0.0833. The minimum Gasteiger partial charge on any atom is -0.360 e. The van der Waals surface area contributed by atoms with Crippen molar-refractivity contribution < 1.29 is 9.32 Å². The van der Waals surface area contributed by atoms with Gasteiger partial charge in [-0.1, -0.05) is 96.2 Å². The van der Waals surface area contributed by atoms with Crippen molar-refractivity contribution in [2.75, 3.05) is 0 Å². The molecule has 0 unspecified atom stereocenters. The van der Waals surface area contributed by atoms with Crippen LogP contribution in [0.2, 0.25) is 0 Å². The maximum absolute atomic E-state index is 13.3. The average molecular weight is 368 g/mol. The fourth-order valence-electron chi connectivity index (χ4n) is 3.29. The lowest BCUT2D eigenvalue weighted by molar-refractivity contribution is 0.0942. The number of benzene rings is 3. The minimum absolute atomic E-state index is 0.213. The van der Waals surface area contributed by atoms with Crippen molar-refractivity contribution in [3.05, 3.63) is 113 Å². The van der Waals surface area contributed by atoms with Crippen LogP contribution >= 0.6 is 0 Å². The van der Waals surface area contributed by atoms with E-state index in [0.29, 0.717) is 17.0 Å². The summed E-state index contributed by atoms with van der Waals surface area (Å²) < 4.78 is 5.35. The minimum atomic E-state index is -0.271. The summed E-state index contributed by atoms with van der Waals surface area (Å²) in [4.78, 5) is 13.3. The molecule has 3 aromatic carbocycles. The molecule has 0 atom stereocenters. The molecule has 0 aliphatic rings. The van der Waals surface area contributed by atoms with Crippen LogP contribution in [0.3, 0.4) is 0 Å². The fourth-order valence-corrected chi connectivity index (χ4v) is 3.29. The number of aromatic nitrogens is 1. The third-order valence-electron chi connectivity index (χ3n) is 4.68. The average Bonchev–Trinajstić information content (AvgIpc) is 3.15. The molecular weight excluding hydrogens is 348 g/mol. The molecule has 4 heteroatoms. The molecule has 1 amide bonds. The SMILES string of the molecule is Cc1onc(-c2ccccc2)c1C(=O)NC(c1ccccc1)c1ccccc1. The highest BCUT2D eigenvalue weighted by Crippen LogP contribution is 2.27. The molecule has 28 heavy (non-hydrogen) atoms. The van der Waals surface area contributed by atoms with Crippen molar-refractivity contribution >= 4 is 5.91 Å². The Morgan fingerprint density at radius 1 is 0.821 bits per heavy atom. The van der Waals surface area contributed by atoms with Crippen molar-refractivity contribution in [1.29, 1.82) is 0 Å². The normalized spacial score (nSPS) is 10.8. The molecule has 4 nitrogen and oxygen atoms in total. The molecule has 0 aliphatic carbocycles. The molecule has 0 radical (unpaired) electrons. The van der Waals surface area contributed by atoms with Crippen LogP contribution < -0.4 is 5.32 Å². The van der Waals surface area contributed by atoms with E-state index in [2.05, 4.69) is 10.5 Å². The smallest absolute Gasteiger partial charge is 0.257 e. The molecule has 1 aromatic heterocycles. The molecule has 4 rings (SSSR count). The zero-order valence-corrected chi connectivity index (χ0v) is 15.5. The summed E-state index contributed by atoms with van der Waals surface area (Å²) in [7, 11) is 0. The van der Waals surface area contributed by atoms with Gasteiger partial charge >= 0.3 is 0 Å². The van der Waals surface area contributed by atoms with Gasteiger partial charge < -0.3 is 9.84 Å². The number of aryl methyl sites for hydroxylation is 1. The first-order valence-corrected chi connectivity index (χ1v) is 9.16. The van der Waals surface area contributed by atoms with Crippen LogP contribution in [0.15, 0.2) is 95.5 Å². The molecular formula is C24H20N2O2. The summed E-state index contributed by atoms with van der Waals surface area (Å²) in [6.45, 7) is 1.76. The van der Waals surface area contributed by atoms with Crippen molar-refractivity contribution in [1.82, 2.24) is 10.5 Å². The van der Waals surface area contributed by atoms with Crippen molar-refractivity contribution in [3.63, 3.8) is 0 Å². The quantitative estimate of drug-likeness (QED) is 0.529. The second-order valence-corrected chi connectivity index (χ2v) is 6.56. The standard InChI is InChI=1S/C24H20N2O2/c1-17-21(23(26-28-17)20-15-9-4-10-16-20)24(27)25-22(18-11-5-2-6-12-18)19-13-7-3-8-14-19/h2-16,22H,1H3,(H,25,27). The zero-order valence-electron chi connectivity index (χ0n) is 15.5. The molecule has 4 aromatic rings. The predicted molar refractivity (Wildman–Crippen MR) is 109 cm³/mol. The van der Waals surface area contributed by atoms with Crippen LogP contribution in [0.1, 0.15) is 33.3 Å². The Bertz CT molecular complexity index is 1020. The van der Waals surface area contributed by atoms with Crippen molar-refractivity contribution in [2.24, 2.45) is 0 Å². The van der Waals surface area contributed by atoms with Gasteiger partial charge in [-0.15, -0.1) is 0 Å². The summed E-state index contributed by atoms with van der Waals surface area (Å²) in [5, 5.41) is 7.29. The second-order valence-electron chi connectivity index (χ2n) is 6.56. The van der Waals surface area contributed by atoms with Gasteiger partial charge in [0.15, 0.2) is 0 Å². The third kappa shape index (κ3) is 3.58. The first-order valence-electron chi connectivity index (χ1n) is 9.16. The molecule has 0 saturated heterocycles. The lowest BCUT2D eigenvalue weighted by Crippen LogP contribution is -2.29. The number of rotatable bonds is 5. The van der Waals surface area contributed by atoms with Gasteiger partial charge in [-0.25, -0.2) is 0 Å². The van der Waals surface area contributed by atoms with Crippen molar-refractivity contribution in [3.8, 4) is 11.3 Å². The van der Waals surface area contributed by atoms with Crippen LogP contribution in [0.5, 0.6) is 0 Å². The van der Waals surface area contributed by atoms with Gasteiger partial charge in [-0.2, -0.15) is 0 Å². The Labute approximate surface area is 163 Å². The van der Waals surface area contributed by atoms with E-state index in [-0.39, 0.29) is 11.9 Å². The maximum atomic E-state index is 13.3. The number of carbonyl (C=O) groups is 1. The Balaban J connectivity index is 1.71. The lowest BCUT2D eigenvalue weighted by atomic mass is 9.97. The van der Waals surface area contributed by atoms with E-state index in [1.807, 2.05) is 91.0 Å². The Morgan fingerprint density at radius 3 is 1.86 bits per heavy atom. The van der Waals surface area contributed by atoms with E-state index in [4.69, 9.17) is 4.52 Å². The number of hydrogen-bond acceptors (Lipinski definition) is 3. The summed E-state index contributed by atoms with van der Waals surface area (Å²) in [6, 6.07) is 29.2. The Kier molecular flexibility index (Phi) is 5.02. The van der Waals surface area contributed by atoms with Crippen LogP contribution in [0.4, 0.5) is 0 Å². The second kappa shape index (κ2) is 7.92. The van der Waals surface area contributed by atoms with Crippen LogP contribution in [0.25, 0.3) is 11.3 Å². The maximum Gasteiger partial charge on any atom is 0.257 e. The van der Waals surface area contributed by atoms with E-state index in [9.17, 15) is 4.79 Å². The topological polar surface area (TPSA) is 55.1 Å². The Morgan fingerprint density at radius 2 is 1.32 bits per heavy atom. The predicted octanol–water partition coefficient (Wildman–Crippen LogP) is 5.17. The molecule has 1 N–H and O–H groups in total. The van der Waals surface area contributed by atoms with Crippen molar-refractivity contribution in [2.45, 2.75) is 13.0 Å². The van der Waals surface area contributed by atoms with Gasteiger partial charge in [-0.3, -0.25) is 4.79 Å². The van der Waals surface area contributed by atoms with Crippen LogP contribution in [0, 0.1) is 6.92 Å². The largest absolute Gasteiger partial charge is 0.360 e. The van der Waals surface area contributed by atoms with E-state index in [1.165, 1.54) is 0 Å². The molecule has 0 saturated carbocycles. The highest BCUT2D eigenvalue weighted by molar-refractivity contribution is 6.01. The zero-order chi connectivity index (χ0) is 19.3. The summed E-state index contributed by atoms with van der Waals surface area (Å²) in [6.07, 6.45) is 0. The number of nitrogens with zero attached hydrogens (tertiary/aromatic N) is 1. The molecule has 0 fully saturated rings.